The number of benzene rings is 2. The number of fused-ring (bicyclic) bond motifs is 2. The Kier molecular flexibility index (Phi) is 7.54. The Morgan fingerprint density at radius 3 is 2.68 bits per heavy atom. The fourth-order valence-electron chi connectivity index (χ4n) is 4.64. The lowest BCUT2D eigenvalue weighted by Gasteiger charge is -2.35. The maximum absolute atomic E-state index is 11.3. The summed E-state index contributed by atoms with van der Waals surface area (Å²) in [6.07, 6.45) is 5.01. The van der Waals surface area contributed by atoms with Crippen molar-refractivity contribution in [1.29, 1.82) is 0 Å². The quantitative estimate of drug-likeness (QED) is 0.648. The average Bonchev–Trinajstić information content (AvgIpc) is 2.79. The highest BCUT2D eigenvalue weighted by Gasteiger charge is 2.24. The number of piperidine rings is 1. The van der Waals surface area contributed by atoms with E-state index >= 15 is 0 Å². The Labute approximate surface area is 190 Å². The fraction of sp³-hybridized carbons (Fsp3) is 0.480. The molecule has 3 N–H and O–H groups in total. The van der Waals surface area contributed by atoms with Gasteiger partial charge in [-0.05, 0) is 81.4 Å². The van der Waals surface area contributed by atoms with Gasteiger partial charge < -0.3 is 20.9 Å². The van der Waals surface area contributed by atoms with Gasteiger partial charge in [-0.3, -0.25) is 4.79 Å². The molecule has 31 heavy (non-hydrogen) atoms. The summed E-state index contributed by atoms with van der Waals surface area (Å²) >= 11 is 1.89. The number of carbonyl (C=O) groups is 1. The molecule has 4 rings (SSSR count). The molecule has 2 aliphatic rings. The van der Waals surface area contributed by atoms with Gasteiger partial charge in [-0.2, -0.15) is 0 Å². The van der Waals surface area contributed by atoms with Crippen LogP contribution < -0.4 is 16.0 Å². The van der Waals surface area contributed by atoms with Crippen molar-refractivity contribution in [1.82, 2.24) is 10.2 Å². The van der Waals surface area contributed by atoms with E-state index in [1.165, 1.54) is 52.4 Å². The van der Waals surface area contributed by atoms with Crippen LogP contribution in [0.1, 0.15) is 31.2 Å². The average molecular weight is 439 g/mol. The molecule has 0 unspecified atom stereocenters. The molecule has 2 aromatic carbocycles. The van der Waals surface area contributed by atoms with Gasteiger partial charge in [0.15, 0.2) is 0 Å². The van der Waals surface area contributed by atoms with Crippen LogP contribution in [-0.4, -0.2) is 50.1 Å². The van der Waals surface area contributed by atoms with Crippen molar-refractivity contribution in [3.05, 3.63) is 48.0 Å². The summed E-state index contributed by atoms with van der Waals surface area (Å²) in [5.41, 5.74) is 9.36. The van der Waals surface area contributed by atoms with Crippen molar-refractivity contribution >= 4 is 29.0 Å². The Balaban J connectivity index is 1.28. The number of anilines is 2. The highest BCUT2D eigenvalue weighted by molar-refractivity contribution is 7.99. The standard InChI is InChI=1S/C25H34N4OS/c1-19-8-9-24-22(17-19)29(21-6-2-3-7-23(21)31-24)13-4-5-20-10-14-28(15-11-20)16-12-27-25(30)18-26/h2-3,6-9,17,20H,4-5,10-16,18,26H2,1H3,(H,27,30). The van der Waals surface area contributed by atoms with Gasteiger partial charge in [0.2, 0.25) is 5.91 Å². The number of nitrogens with zero attached hydrogens (tertiary/aromatic N) is 2. The van der Waals surface area contributed by atoms with E-state index in [0.29, 0.717) is 6.54 Å². The van der Waals surface area contributed by atoms with Crippen LogP contribution >= 0.6 is 11.8 Å². The van der Waals surface area contributed by atoms with Gasteiger partial charge in [0, 0.05) is 29.4 Å². The van der Waals surface area contributed by atoms with Gasteiger partial charge in [0.1, 0.15) is 0 Å². The first kappa shape index (κ1) is 22.2. The third kappa shape index (κ3) is 5.62. The highest BCUT2D eigenvalue weighted by atomic mass is 32.2. The number of amides is 1. The summed E-state index contributed by atoms with van der Waals surface area (Å²) in [6.45, 7) is 7.22. The van der Waals surface area contributed by atoms with Crippen LogP contribution in [0.2, 0.25) is 0 Å². The minimum Gasteiger partial charge on any atom is -0.354 e. The second-order valence-electron chi connectivity index (χ2n) is 8.67. The first-order chi connectivity index (χ1) is 15.1. The van der Waals surface area contributed by atoms with Gasteiger partial charge >= 0.3 is 0 Å². The Hall–Kier alpha value is -2.02. The first-order valence-electron chi connectivity index (χ1n) is 11.5. The van der Waals surface area contributed by atoms with Crippen LogP contribution in [0.15, 0.2) is 52.3 Å². The zero-order valence-electron chi connectivity index (χ0n) is 18.5. The number of hydrogen-bond acceptors (Lipinski definition) is 5. The normalized spacial score (nSPS) is 16.6. The number of para-hydroxylation sites is 1. The number of hydrogen-bond donors (Lipinski definition) is 2. The van der Waals surface area contributed by atoms with Gasteiger partial charge in [-0.15, -0.1) is 0 Å². The molecule has 0 atom stereocenters. The number of nitrogens with two attached hydrogens (primary N) is 1. The molecule has 1 fully saturated rings. The van der Waals surface area contributed by atoms with E-state index in [2.05, 4.69) is 64.5 Å². The molecule has 1 saturated heterocycles. The second-order valence-corrected chi connectivity index (χ2v) is 9.76. The van der Waals surface area contributed by atoms with Crippen molar-refractivity contribution in [2.24, 2.45) is 11.7 Å². The molecule has 6 heteroatoms. The summed E-state index contributed by atoms with van der Waals surface area (Å²) < 4.78 is 0. The number of aryl methyl sites for hydroxylation is 1. The predicted molar refractivity (Wildman–Crippen MR) is 129 cm³/mol. The molecule has 0 aliphatic carbocycles. The SMILES string of the molecule is Cc1ccc2c(c1)N(CCCC1CCN(CCNC(=O)CN)CC1)c1ccccc1S2. The number of nitrogens with one attached hydrogen (secondary N) is 1. The van der Waals surface area contributed by atoms with E-state index in [1.54, 1.807) is 0 Å². The highest BCUT2D eigenvalue weighted by Crippen LogP contribution is 2.48. The van der Waals surface area contributed by atoms with Gasteiger partial charge in [-0.25, -0.2) is 0 Å². The third-order valence-electron chi connectivity index (χ3n) is 6.42. The number of carbonyl (C=O) groups excluding carboxylic acids is 1. The van der Waals surface area contributed by atoms with Crippen LogP contribution in [0.5, 0.6) is 0 Å². The smallest absolute Gasteiger partial charge is 0.233 e. The summed E-state index contributed by atoms with van der Waals surface area (Å²) in [7, 11) is 0. The van der Waals surface area contributed by atoms with Crippen LogP contribution in [0.4, 0.5) is 11.4 Å². The van der Waals surface area contributed by atoms with E-state index in [0.717, 1.165) is 32.1 Å². The maximum Gasteiger partial charge on any atom is 0.233 e. The molecular weight excluding hydrogens is 404 g/mol. The lowest BCUT2D eigenvalue weighted by atomic mass is 9.92. The molecule has 166 valence electrons. The first-order valence-corrected chi connectivity index (χ1v) is 12.3. The van der Waals surface area contributed by atoms with E-state index in [4.69, 9.17) is 5.73 Å². The number of likely N-dealkylation sites (tertiary alicyclic amines) is 1. The molecular formula is C25H34N4OS. The predicted octanol–water partition coefficient (Wildman–Crippen LogP) is 4.16. The molecule has 0 saturated carbocycles. The van der Waals surface area contributed by atoms with Crippen molar-refractivity contribution in [3.8, 4) is 0 Å². The summed E-state index contributed by atoms with van der Waals surface area (Å²) in [5, 5.41) is 2.87. The summed E-state index contributed by atoms with van der Waals surface area (Å²) in [5.74, 6) is 0.741. The minimum atomic E-state index is -0.0654. The maximum atomic E-state index is 11.3. The minimum absolute atomic E-state index is 0.0654. The monoisotopic (exact) mass is 438 g/mol. The van der Waals surface area contributed by atoms with E-state index < -0.39 is 0 Å². The van der Waals surface area contributed by atoms with Crippen molar-refractivity contribution in [2.75, 3.05) is 44.2 Å². The Morgan fingerprint density at radius 2 is 1.87 bits per heavy atom. The Morgan fingerprint density at radius 1 is 1.10 bits per heavy atom. The van der Waals surface area contributed by atoms with Crippen molar-refractivity contribution in [2.45, 2.75) is 42.4 Å². The lowest BCUT2D eigenvalue weighted by Crippen LogP contribution is -2.41. The fourth-order valence-corrected chi connectivity index (χ4v) is 5.72. The topological polar surface area (TPSA) is 61.6 Å². The third-order valence-corrected chi connectivity index (χ3v) is 7.55. The molecule has 5 nitrogen and oxygen atoms in total. The van der Waals surface area contributed by atoms with Crippen LogP contribution in [0.3, 0.4) is 0 Å². The van der Waals surface area contributed by atoms with E-state index in [1.807, 2.05) is 11.8 Å². The van der Waals surface area contributed by atoms with Gasteiger partial charge in [-0.1, -0.05) is 30.0 Å². The molecule has 0 aromatic heterocycles. The van der Waals surface area contributed by atoms with E-state index in [9.17, 15) is 4.79 Å². The molecule has 0 radical (unpaired) electrons. The van der Waals surface area contributed by atoms with E-state index in [-0.39, 0.29) is 12.5 Å². The zero-order chi connectivity index (χ0) is 21.6. The van der Waals surface area contributed by atoms with Crippen LogP contribution in [-0.2, 0) is 4.79 Å². The van der Waals surface area contributed by atoms with Gasteiger partial charge in [0.05, 0.1) is 17.9 Å². The lowest BCUT2D eigenvalue weighted by molar-refractivity contribution is -0.119. The molecule has 0 spiro atoms. The molecule has 1 amide bonds. The molecule has 2 aromatic rings. The molecule has 2 aliphatic heterocycles. The van der Waals surface area contributed by atoms with Crippen molar-refractivity contribution < 1.29 is 4.79 Å². The number of rotatable bonds is 8. The van der Waals surface area contributed by atoms with Crippen molar-refractivity contribution in [3.63, 3.8) is 0 Å². The molecule has 0 bridgehead atoms. The van der Waals surface area contributed by atoms with Gasteiger partial charge in [0.25, 0.3) is 0 Å². The largest absolute Gasteiger partial charge is 0.354 e. The Bertz CT molecular complexity index is 895. The summed E-state index contributed by atoms with van der Waals surface area (Å²) in [6, 6.07) is 15.6. The molecule has 2 heterocycles. The van der Waals surface area contributed by atoms with Crippen LogP contribution in [0, 0.1) is 12.8 Å². The summed E-state index contributed by atoms with van der Waals surface area (Å²) in [4.78, 5) is 19.0. The second kappa shape index (κ2) is 10.5. The van der Waals surface area contributed by atoms with Crippen LogP contribution in [0.25, 0.3) is 0 Å². The zero-order valence-corrected chi connectivity index (χ0v) is 19.3.